The normalized spacial score (nSPS) is 11.1. The molecule has 1 N–H and O–H groups in total. The summed E-state index contributed by atoms with van der Waals surface area (Å²) in [7, 11) is 2.00. The van der Waals surface area contributed by atoms with Crippen LogP contribution >= 0.6 is 11.8 Å². The third kappa shape index (κ3) is 1.48. The predicted octanol–water partition coefficient (Wildman–Crippen LogP) is 1.41. The van der Waals surface area contributed by atoms with E-state index in [1.165, 1.54) is 19.4 Å². The number of aromatic nitrogens is 4. The summed E-state index contributed by atoms with van der Waals surface area (Å²) < 4.78 is 3.18. The van der Waals surface area contributed by atoms with Crippen molar-refractivity contribution >= 4 is 22.9 Å². The molecule has 0 amide bonds. The van der Waals surface area contributed by atoms with Gasteiger partial charge in [0.1, 0.15) is 0 Å². The van der Waals surface area contributed by atoms with Crippen molar-refractivity contribution in [2.45, 2.75) is 12.1 Å². The van der Waals surface area contributed by atoms with Crippen molar-refractivity contribution < 1.29 is 19.4 Å². The molecule has 2 aromatic rings. The molecule has 0 aliphatic carbocycles. The summed E-state index contributed by atoms with van der Waals surface area (Å²) in [6, 6.07) is 0. The van der Waals surface area contributed by atoms with Gasteiger partial charge in [0.05, 0.1) is 0 Å². The molecule has 0 aliphatic rings. The number of nitrogens with zero attached hydrogens (tertiary/aromatic N) is 3. The maximum atomic E-state index is 4.50. The van der Waals surface area contributed by atoms with E-state index in [0.29, 0.717) is 0 Å². The van der Waals surface area contributed by atoms with E-state index in [4.69, 9.17) is 0 Å². The topological polar surface area (TPSA) is 46.5 Å². The first-order chi connectivity index (χ1) is 6.63. The fourth-order valence-electron chi connectivity index (χ4n) is 1.26. The number of H-pyrrole nitrogens is 1. The molecule has 0 aliphatic heterocycles. The van der Waals surface area contributed by atoms with Crippen LogP contribution in [-0.4, -0.2) is 25.8 Å². The van der Waals surface area contributed by atoms with Crippen LogP contribution in [0.5, 0.6) is 0 Å². The monoisotopic (exact) mass is 378 g/mol. The Morgan fingerprint density at radius 3 is 2.79 bits per heavy atom. The Morgan fingerprint density at radius 2 is 2.14 bits per heavy atom. The van der Waals surface area contributed by atoms with E-state index >= 15 is 0 Å². The van der Waals surface area contributed by atoms with Gasteiger partial charge in [0.2, 0.25) is 0 Å². The molecule has 4 nitrogen and oxygen atoms in total. The van der Waals surface area contributed by atoms with Crippen molar-refractivity contribution in [3.63, 3.8) is 0 Å². The molecule has 14 heavy (non-hydrogen) atoms. The first kappa shape index (κ1) is 10.1. The molecular weight excluding hydrogens is 368 g/mol. The van der Waals surface area contributed by atoms with Gasteiger partial charge in [-0.25, -0.2) is 0 Å². The number of aromatic amines is 1. The van der Waals surface area contributed by atoms with Crippen LogP contribution in [0.4, 0.5) is 0 Å². The molecule has 2 aromatic heterocycles. The SMILES string of the molecule is CSc1nc2c(nc(C)n2C)[c](=[W])[nH]1. The van der Waals surface area contributed by atoms with Crippen LogP contribution in [0.3, 0.4) is 0 Å². The fraction of sp³-hybridized carbons (Fsp3) is 0.375. The molecule has 0 fully saturated rings. The Hall–Kier alpha value is -0.412. The maximum absolute atomic E-state index is 4.50. The molecule has 0 radical (unpaired) electrons. The minimum atomic E-state index is 0.950. The molecule has 74 valence electrons. The van der Waals surface area contributed by atoms with Gasteiger partial charge in [0.15, 0.2) is 0 Å². The van der Waals surface area contributed by atoms with Crippen LogP contribution in [0, 0.1) is 10.6 Å². The third-order valence-electron chi connectivity index (χ3n) is 2.12. The second-order valence-electron chi connectivity index (χ2n) is 2.97. The van der Waals surface area contributed by atoms with Crippen molar-refractivity contribution in [2.75, 3.05) is 6.26 Å². The number of hydrogen-bond donors (Lipinski definition) is 1. The Morgan fingerprint density at radius 1 is 1.43 bits per heavy atom. The predicted molar refractivity (Wildman–Crippen MR) is 52.6 cm³/mol. The van der Waals surface area contributed by atoms with Crippen LogP contribution in [0.15, 0.2) is 5.16 Å². The van der Waals surface area contributed by atoms with E-state index in [9.17, 15) is 0 Å². The zero-order valence-corrected chi connectivity index (χ0v) is 11.9. The van der Waals surface area contributed by atoms with E-state index < -0.39 is 0 Å². The van der Waals surface area contributed by atoms with E-state index in [0.717, 1.165) is 25.8 Å². The number of hydrogen-bond acceptors (Lipinski definition) is 3. The van der Waals surface area contributed by atoms with Crippen LogP contribution in [-0.2, 0) is 26.4 Å². The summed E-state index contributed by atoms with van der Waals surface area (Å²) >= 11 is 3.01. The van der Waals surface area contributed by atoms with Crippen LogP contribution in [0.25, 0.3) is 11.2 Å². The van der Waals surface area contributed by atoms with Crippen molar-refractivity contribution in [3.05, 3.63) is 9.50 Å². The number of thioether (sulfide) groups is 1. The van der Waals surface area contributed by atoms with Crippen molar-refractivity contribution in [1.29, 1.82) is 0 Å². The van der Waals surface area contributed by atoms with Crippen molar-refractivity contribution in [2.24, 2.45) is 7.05 Å². The van der Waals surface area contributed by atoms with E-state index in [2.05, 4.69) is 15.0 Å². The first-order valence-corrected chi connectivity index (χ1v) is 6.80. The Balaban J connectivity index is 2.91. The molecule has 6 heteroatoms. The average molecular weight is 378 g/mol. The first-order valence-electron chi connectivity index (χ1n) is 4.11. The number of nitrogens with one attached hydrogen (secondary N) is 1. The molecule has 0 atom stereocenters. The summed E-state index contributed by atoms with van der Waals surface area (Å²) in [5, 5.41) is 0.950. The van der Waals surface area contributed by atoms with Gasteiger partial charge in [-0.2, -0.15) is 0 Å². The van der Waals surface area contributed by atoms with Gasteiger partial charge in [-0.3, -0.25) is 0 Å². The van der Waals surface area contributed by atoms with Gasteiger partial charge < -0.3 is 0 Å². The zero-order valence-electron chi connectivity index (χ0n) is 8.16. The van der Waals surface area contributed by atoms with Crippen molar-refractivity contribution in [1.82, 2.24) is 19.5 Å². The Kier molecular flexibility index (Phi) is 2.62. The zero-order chi connectivity index (χ0) is 10.3. The standard InChI is InChI=1S/C8H10N4S.W/c1-5-10-6-4-9-8(13-3)11-7(6)12(5)2;/h1-3H3,(H,9,11);. The Labute approximate surface area is 96.6 Å². The summed E-state index contributed by atoms with van der Waals surface area (Å²) in [4.78, 5) is 12.2. The summed E-state index contributed by atoms with van der Waals surface area (Å²) in [6.45, 7) is 2.00. The summed E-state index contributed by atoms with van der Waals surface area (Å²) in [5.41, 5.74) is 1.97. The van der Waals surface area contributed by atoms with Gasteiger partial charge in [-0.05, 0) is 0 Å². The molecule has 2 rings (SSSR count). The van der Waals surface area contributed by atoms with Gasteiger partial charge in [0.25, 0.3) is 0 Å². The molecule has 2 heterocycles. The molecule has 0 saturated carbocycles. The number of aryl methyl sites for hydroxylation is 2. The third-order valence-corrected chi connectivity index (χ3v) is 3.77. The van der Waals surface area contributed by atoms with Gasteiger partial charge in [-0.15, -0.1) is 0 Å². The van der Waals surface area contributed by atoms with E-state index in [1.807, 2.05) is 24.8 Å². The quantitative estimate of drug-likeness (QED) is 0.603. The molecule has 0 spiro atoms. The molecule has 0 unspecified atom stereocenters. The fourth-order valence-corrected chi connectivity index (χ4v) is 2.73. The number of fused-ring (bicyclic) bond motifs is 1. The number of rotatable bonds is 1. The number of imidazole rings is 1. The van der Waals surface area contributed by atoms with Gasteiger partial charge in [-0.1, -0.05) is 0 Å². The molecular formula is C8H10N4SW. The Bertz CT molecular complexity index is 542. The second kappa shape index (κ2) is 3.63. The van der Waals surface area contributed by atoms with Crippen LogP contribution < -0.4 is 0 Å². The second-order valence-corrected chi connectivity index (χ2v) is 5.23. The van der Waals surface area contributed by atoms with Gasteiger partial charge >= 0.3 is 96.7 Å². The van der Waals surface area contributed by atoms with E-state index in [-0.39, 0.29) is 0 Å². The van der Waals surface area contributed by atoms with Crippen LogP contribution in [0.1, 0.15) is 5.82 Å². The van der Waals surface area contributed by atoms with Crippen molar-refractivity contribution in [3.8, 4) is 0 Å². The molecule has 0 saturated heterocycles. The van der Waals surface area contributed by atoms with Gasteiger partial charge in [0, 0.05) is 0 Å². The van der Waals surface area contributed by atoms with E-state index in [1.54, 1.807) is 11.8 Å². The van der Waals surface area contributed by atoms with Crippen LogP contribution in [0.2, 0.25) is 0 Å². The molecule has 0 aromatic carbocycles. The minimum absolute atomic E-state index is 0.950. The average Bonchev–Trinajstić information content (AvgIpc) is 2.45. The summed E-state index contributed by atoms with van der Waals surface area (Å²) in [5.74, 6) is 1.00. The molecule has 0 bridgehead atoms. The summed E-state index contributed by atoms with van der Waals surface area (Å²) in [6.07, 6.45) is 2.02.